The van der Waals surface area contributed by atoms with Gasteiger partial charge in [-0.15, -0.1) is 0 Å². The predicted octanol–water partition coefficient (Wildman–Crippen LogP) is 3.97. The van der Waals surface area contributed by atoms with Crippen LogP contribution in [0.2, 0.25) is 0 Å². The van der Waals surface area contributed by atoms with Crippen LogP contribution in [0.5, 0.6) is 0 Å². The number of likely N-dealkylation sites (tertiary alicyclic amines) is 1. The monoisotopic (exact) mass is 351 g/mol. The number of hydrogen-bond donors (Lipinski definition) is 1. The van der Waals surface area contributed by atoms with E-state index in [1.54, 1.807) is 18.2 Å². The van der Waals surface area contributed by atoms with Crippen LogP contribution in [-0.4, -0.2) is 34.8 Å². The fourth-order valence-corrected chi connectivity index (χ4v) is 3.36. The van der Waals surface area contributed by atoms with E-state index in [2.05, 4.69) is 10.3 Å². The lowest BCUT2D eigenvalue weighted by Crippen LogP contribution is -2.32. The number of pyridine rings is 1. The maximum atomic E-state index is 12.7. The van der Waals surface area contributed by atoms with Crippen molar-refractivity contribution in [1.29, 1.82) is 0 Å². The minimum absolute atomic E-state index is 0.0899. The Kier molecular flexibility index (Phi) is 5.66. The number of carbonyl (C=O) groups is 2. The molecule has 0 bridgehead atoms. The van der Waals surface area contributed by atoms with E-state index < -0.39 is 0 Å². The zero-order chi connectivity index (χ0) is 18.5. The molecule has 0 unspecified atom stereocenters. The number of carbonyl (C=O) groups excluding carboxylic acids is 2. The standard InChI is InChI=1S/C21H25N3O2/c1-15-12-16(2)14-17(13-15)22-20(25)18-8-7-9-19(23-18)21(26)24-10-5-3-4-6-11-24/h7-9,12-14H,3-6,10-11H2,1-2H3,(H,22,25). The predicted molar refractivity (Wildman–Crippen MR) is 102 cm³/mol. The molecule has 5 heteroatoms. The van der Waals surface area contributed by atoms with Crippen molar-refractivity contribution in [3.63, 3.8) is 0 Å². The highest BCUT2D eigenvalue weighted by molar-refractivity contribution is 6.04. The average Bonchev–Trinajstić information content (AvgIpc) is 2.89. The van der Waals surface area contributed by atoms with Crippen LogP contribution in [0.4, 0.5) is 5.69 Å². The summed E-state index contributed by atoms with van der Waals surface area (Å²) < 4.78 is 0. The van der Waals surface area contributed by atoms with E-state index in [0.717, 1.165) is 55.6 Å². The van der Waals surface area contributed by atoms with E-state index in [9.17, 15) is 9.59 Å². The molecule has 1 saturated heterocycles. The lowest BCUT2D eigenvalue weighted by molar-refractivity contribution is 0.0755. The molecule has 0 spiro atoms. The van der Waals surface area contributed by atoms with Gasteiger partial charge >= 0.3 is 0 Å². The number of hydrogen-bond acceptors (Lipinski definition) is 3. The number of anilines is 1. The molecular weight excluding hydrogens is 326 g/mol. The number of aromatic nitrogens is 1. The molecule has 1 aromatic carbocycles. The molecule has 1 aliphatic rings. The average molecular weight is 351 g/mol. The number of amides is 2. The maximum absolute atomic E-state index is 12.7. The van der Waals surface area contributed by atoms with Crippen LogP contribution in [-0.2, 0) is 0 Å². The lowest BCUT2D eigenvalue weighted by Gasteiger charge is -2.19. The molecular formula is C21H25N3O2. The van der Waals surface area contributed by atoms with E-state index in [1.165, 1.54) is 0 Å². The molecule has 1 aromatic heterocycles. The molecule has 1 N–H and O–H groups in total. The molecule has 0 atom stereocenters. The van der Waals surface area contributed by atoms with Crippen LogP contribution in [0.25, 0.3) is 0 Å². The first-order valence-corrected chi connectivity index (χ1v) is 9.19. The van der Waals surface area contributed by atoms with Gasteiger partial charge in [-0.3, -0.25) is 9.59 Å². The first-order chi connectivity index (χ1) is 12.5. The van der Waals surface area contributed by atoms with Gasteiger partial charge in [0.05, 0.1) is 0 Å². The fourth-order valence-electron chi connectivity index (χ4n) is 3.36. The van der Waals surface area contributed by atoms with Crippen LogP contribution in [0, 0.1) is 13.8 Å². The van der Waals surface area contributed by atoms with Crippen LogP contribution in [0.1, 0.15) is 57.8 Å². The SMILES string of the molecule is Cc1cc(C)cc(NC(=O)c2cccc(C(=O)N3CCCCCC3)n2)c1. The molecule has 2 heterocycles. The van der Waals surface area contributed by atoms with E-state index in [-0.39, 0.29) is 17.5 Å². The first-order valence-electron chi connectivity index (χ1n) is 9.19. The summed E-state index contributed by atoms with van der Waals surface area (Å²) in [5, 5.41) is 2.87. The van der Waals surface area contributed by atoms with Crippen molar-refractivity contribution in [3.8, 4) is 0 Å². The highest BCUT2D eigenvalue weighted by atomic mass is 16.2. The van der Waals surface area contributed by atoms with Crippen molar-refractivity contribution in [1.82, 2.24) is 9.88 Å². The summed E-state index contributed by atoms with van der Waals surface area (Å²) in [6, 6.07) is 10.9. The molecule has 1 fully saturated rings. The van der Waals surface area contributed by atoms with Crippen molar-refractivity contribution >= 4 is 17.5 Å². The highest BCUT2D eigenvalue weighted by Crippen LogP contribution is 2.16. The maximum Gasteiger partial charge on any atom is 0.274 e. The Labute approximate surface area is 154 Å². The third kappa shape index (κ3) is 4.48. The topological polar surface area (TPSA) is 62.3 Å². The van der Waals surface area contributed by atoms with Crippen molar-refractivity contribution in [2.45, 2.75) is 39.5 Å². The molecule has 0 saturated carbocycles. The van der Waals surface area contributed by atoms with Gasteiger partial charge in [-0.2, -0.15) is 0 Å². The van der Waals surface area contributed by atoms with Gasteiger partial charge in [0.25, 0.3) is 11.8 Å². The van der Waals surface area contributed by atoms with Gasteiger partial charge in [-0.25, -0.2) is 4.98 Å². The van der Waals surface area contributed by atoms with E-state index in [0.29, 0.717) is 5.69 Å². The van der Waals surface area contributed by atoms with Crippen molar-refractivity contribution in [3.05, 3.63) is 58.9 Å². The summed E-state index contributed by atoms with van der Waals surface area (Å²) in [5.74, 6) is -0.395. The second kappa shape index (κ2) is 8.13. The Morgan fingerprint density at radius 3 is 2.19 bits per heavy atom. The summed E-state index contributed by atoms with van der Waals surface area (Å²) in [6.07, 6.45) is 4.38. The van der Waals surface area contributed by atoms with Crippen LogP contribution in [0.15, 0.2) is 36.4 Å². The molecule has 5 nitrogen and oxygen atoms in total. The van der Waals surface area contributed by atoms with Gasteiger partial charge in [0.15, 0.2) is 0 Å². The van der Waals surface area contributed by atoms with E-state index in [1.807, 2.05) is 36.9 Å². The fraction of sp³-hybridized carbons (Fsp3) is 0.381. The van der Waals surface area contributed by atoms with Gasteiger partial charge in [0.1, 0.15) is 11.4 Å². The quantitative estimate of drug-likeness (QED) is 0.910. The van der Waals surface area contributed by atoms with Gasteiger partial charge in [-0.1, -0.05) is 25.0 Å². The van der Waals surface area contributed by atoms with Gasteiger partial charge in [-0.05, 0) is 62.1 Å². The Balaban J connectivity index is 1.75. The Morgan fingerprint density at radius 2 is 1.54 bits per heavy atom. The number of benzene rings is 1. The largest absolute Gasteiger partial charge is 0.337 e. The number of nitrogens with one attached hydrogen (secondary N) is 1. The Morgan fingerprint density at radius 1 is 0.923 bits per heavy atom. The lowest BCUT2D eigenvalue weighted by atomic mass is 10.1. The van der Waals surface area contributed by atoms with Crippen molar-refractivity contribution in [2.75, 3.05) is 18.4 Å². The van der Waals surface area contributed by atoms with Gasteiger partial charge < -0.3 is 10.2 Å². The van der Waals surface area contributed by atoms with Crippen LogP contribution >= 0.6 is 0 Å². The zero-order valence-electron chi connectivity index (χ0n) is 15.4. The first kappa shape index (κ1) is 18.1. The zero-order valence-corrected chi connectivity index (χ0v) is 15.4. The minimum atomic E-state index is -0.305. The smallest absolute Gasteiger partial charge is 0.274 e. The second-order valence-electron chi connectivity index (χ2n) is 6.94. The molecule has 1 aliphatic heterocycles. The molecule has 3 rings (SSSR count). The Bertz CT molecular complexity index is 788. The number of aryl methyl sites for hydroxylation is 2. The number of rotatable bonds is 3. The molecule has 0 aliphatic carbocycles. The van der Waals surface area contributed by atoms with E-state index in [4.69, 9.17) is 0 Å². The summed E-state index contributed by atoms with van der Waals surface area (Å²) in [6.45, 7) is 5.50. The third-order valence-electron chi connectivity index (χ3n) is 4.57. The summed E-state index contributed by atoms with van der Waals surface area (Å²) in [5.41, 5.74) is 3.49. The molecule has 26 heavy (non-hydrogen) atoms. The molecule has 0 radical (unpaired) electrons. The third-order valence-corrected chi connectivity index (χ3v) is 4.57. The summed E-state index contributed by atoms with van der Waals surface area (Å²) >= 11 is 0. The minimum Gasteiger partial charge on any atom is -0.337 e. The van der Waals surface area contributed by atoms with Crippen LogP contribution < -0.4 is 5.32 Å². The van der Waals surface area contributed by atoms with Crippen molar-refractivity contribution in [2.24, 2.45) is 0 Å². The Hall–Kier alpha value is -2.69. The molecule has 136 valence electrons. The second-order valence-corrected chi connectivity index (χ2v) is 6.94. The molecule has 2 aromatic rings. The van der Waals surface area contributed by atoms with E-state index >= 15 is 0 Å². The number of nitrogens with zero attached hydrogens (tertiary/aromatic N) is 2. The van der Waals surface area contributed by atoms with Crippen molar-refractivity contribution < 1.29 is 9.59 Å². The van der Waals surface area contributed by atoms with Crippen LogP contribution in [0.3, 0.4) is 0 Å². The van der Waals surface area contributed by atoms with Gasteiger partial charge in [0, 0.05) is 18.8 Å². The van der Waals surface area contributed by atoms with Gasteiger partial charge in [0.2, 0.25) is 0 Å². The summed E-state index contributed by atoms with van der Waals surface area (Å²) in [4.78, 5) is 31.4. The summed E-state index contributed by atoms with van der Waals surface area (Å²) in [7, 11) is 0. The normalized spacial score (nSPS) is 14.6. The molecule has 2 amide bonds. The highest BCUT2D eigenvalue weighted by Gasteiger charge is 2.19.